The maximum Gasteiger partial charge on any atom is 0.211 e. The first kappa shape index (κ1) is 15.3. The average molecular weight is 288 g/mol. The Morgan fingerprint density at radius 3 is 2.58 bits per heavy atom. The van der Waals surface area contributed by atoms with E-state index in [1.165, 1.54) is 25.7 Å². The van der Waals surface area contributed by atoms with Gasteiger partial charge in [-0.2, -0.15) is 0 Å². The minimum Gasteiger partial charge on any atom is -0.314 e. The van der Waals surface area contributed by atoms with E-state index in [1.807, 2.05) is 0 Å². The molecule has 0 spiro atoms. The van der Waals surface area contributed by atoms with Gasteiger partial charge in [-0.05, 0) is 50.0 Å². The molecule has 0 aromatic carbocycles. The SMILES string of the molecule is CC(C)NCCCS(=O)(=O)NCC1CC2CCC1C2. The quantitative estimate of drug-likeness (QED) is 0.669. The molecular weight excluding hydrogens is 260 g/mol. The van der Waals surface area contributed by atoms with Crippen LogP contribution < -0.4 is 10.0 Å². The molecule has 0 amide bonds. The molecule has 2 aliphatic rings. The molecule has 2 fully saturated rings. The van der Waals surface area contributed by atoms with Gasteiger partial charge >= 0.3 is 0 Å². The molecule has 0 aromatic heterocycles. The second kappa shape index (κ2) is 6.55. The molecule has 0 saturated heterocycles. The van der Waals surface area contributed by atoms with E-state index in [2.05, 4.69) is 23.9 Å². The number of nitrogens with one attached hydrogen (secondary N) is 2. The van der Waals surface area contributed by atoms with E-state index in [-0.39, 0.29) is 5.75 Å². The van der Waals surface area contributed by atoms with Crippen LogP contribution in [0.3, 0.4) is 0 Å². The van der Waals surface area contributed by atoms with Crippen molar-refractivity contribution in [1.29, 1.82) is 0 Å². The Labute approximate surface area is 117 Å². The molecule has 0 heterocycles. The van der Waals surface area contributed by atoms with Crippen LogP contribution in [-0.4, -0.2) is 33.3 Å². The maximum absolute atomic E-state index is 11.9. The molecule has 0 radical (unpaired) electrons. The summed E-state index contributed by atoms with van der Waals surface area (Å²) in [6, 6.07) is 0.421. The average Bonchev–Trinajstić information content (AvgIpc) is 2.94. The Morgan fingerprint density at radius 2 is 2.00 bits per heavy atom. The van der Waals surface area contributed by atoms with Crippen molar-refractivity contribution in [2.45, 2.75) is 52.0 Å². The predicted octanol–water partition coefficient (Wildman–Crippen LogP) is 1.73. The number of sulfonamides is 1. The molecule has 112 valence electrons. The van der Waals surface area contributed by atoms with E-state index in [9.17, 15) is 8.42 Å². The van der Waals surface area contributed by atoms with E-state index >= 15 is 0 Å². The summed E-state index contributed by atoms with van der Waals surface area (Å²) in [5.74, 6) is 2.51. The molecule has 3 atom stereocenters. The summed E-state index contributed by atoms with van der Waals surface area (Å²) in [5.41, 5.74) is 0. The van der Waals surface area contributed by atoms with Crippen molar-refractivity contribution in [3.8, 4) is 0 Å². The van der Waals surface area contributed by atoms with Gasteiger partial charge in [-0.3, -0.25) is 0 Å². The van der Waals surface area contributed by atoms with Crippen molar-refractivity contribution >= 4 is 10.0 Å². The highest BCUT2D eigenvalue weighted by atomic mass is 32.2. The Balaban J connectivity index is 1.64. The van der Waals surface area contributed by atoms with Crippen LogP contribution in [0.15, 0.2) is 0 Å². The molecule has 5 heteroatoms. The van der Waals surface area contributed by atoms with Gasteiger partial charge in [-0.1, -0.05) is 20.3 Å². The predicted molar refractivity (Wildman–Crippen MR) is 78.5 cm³/mol. The second-order valence-electron chi connectivity index (χ2n) is 6.56. The first-order chi connectivity index (χ1) is 8.96. The largest absolute Gasteiger partial charge is 0.314 e. The molecule has 0 aliphatic heterocycles. The van der Waals surface area contributed by atoms with Crippen LogP contribution in [0.2, 0.25) is 0 Å². The number of rotatable bonds is 8. The zero-order valence-corrected chi connectivity index (χ0v) is 13.0. The molecule has 3 unspecified atom stereocenters. The lowest BCUT2D eigenvalue weighted by Gasteiger charge is -2.21. The van der Waals surface area contributed by atoms with Crippen LogP contribution in [0.1, 0.15) is 46.0 Å². The summed E-state index contributed by atoms with van der Waals surface area (Å²) in [7, 11) is -3.07. The molecule has 2 saturated carbocycles. The summed E-state index contributed by atoms with van der Waals surface area (Å²) in [6.07, 6.45) is 5.95. The lowest BCUT2D eigenvalue weighted by molar-refractivity contribution is 0.332. The van der Waals surface area contributed by atoms with Gasteiger partial charge in [0.2, 0.25) is 10.0 Å². The molecule has 2 bridgehead atoms. The van der Waals surface area contributed by atoms with Crippen LogP contribution in [0.4, 0.5) is 0 Å². The lowest BCUT2D eigenvalue weighted by atomic mass is 9.89. The molecule has 2 rings (SSSR count). The topological polar surface area (TPSA) is 58.2 Å². The van der Waals surface area contributed by atoms with E-state index in [4.69, 9.17) is 0 Å². The summed E-state index contributed by atoms with van der Waals surface area (Å²) in [6.45, 7) is 5.58. The van der Waals surface area contributed by atoms with Gasteiger partial charge in [-0.15, -0.1) is 0 Å². The highest BCUT2D eigenvalue weighted by molar-refractivity contribution is 7.89. The molecule has 4 nitrogen and oxygen atoms in total. The van der Waals surface area contributed by atoms with Crippen molar-refractivity contribution < 1.29 is 8.42 Å². The maximum atomic E-state index is 11.9. The highest BCUT2D eigenvalue weighted by Gasteiger charge is 2.39. The number of hydrogen-bond donors (Lipinski definition) is 2. The summed E-state index contributed by atoms with van der Waals surface area (Å²) >= 11 is 0. The normalized spacial score (nSPS) is 30.4. The van der Waals surface area contributed by atoms with Gasteiger partial charge in [0, 0.05) is 12.6 Å². The Kier molecular flexibility index (Phi) is 5.26. The smallest absolute Gasteiger partial charge is 0.211 e. The number of hydrogen-bond acceptors (Lipinski definition) is 3. The third-order valence-electron chi connectivity index (χ3n) is 4.59. The van der Waals surface area contributed by atoms with Crippen molar-refractivity contribution in [3.63, 3.8) is 0 Å². The van der Waals surface area contributed by atoms with Gasteiger partial charge in [0.25, 0.3) is 0 Å². The van der Waals surface area contributed by atoms with Gasteiger partial charge in [0.15, 0.2) is 0 Å². The van der Waals surface area contributed by atoms with E-state index in [1.54, 1.807) is 0 Å². The monoisotopic (exact) mass is 288 g/mol. The van der Waals surface area contributed by atoms with Crippen LogP contribution in [0, 0.1) is 17.8 Å². The van der Waals surface area contributed by atoms with Crippen LogP contribution in [0.5, 0.6) is 0 Å². The lowest BCUT2D eigenvalue weighted by Crippen LogP contribution is -2.34. The van der Waals surface area contributed by atoms with Gasteiger partial charge in [0.1, 0.15) is 0 Å². The van der Waals surface area contributed by atoms with E-state index in [0.29, 0.717) is 24.9 Å². The zero-order valence-electron chi connectivity index (χ0n) is 12.2. The fourth-order valence-electron chi connectivity index (χ4n) is 3.59. The van der Waals surface area contributed by atoms with Crippen molar-refractivity contribution in [3.05, 3.63) is 0 Å². The second-order valence-corrected chi connectivity index (χ2v) is 8.49. The first-order valence-electron chi connectivity index (χ1n) is 7.67. The Bertz CT molecular complexity index is 381. The Morgan fingerprint density at radius 1 is 1.21 bits per heavy atom. The molecule has 2 N–H and O–H groups in total. The number of fused-ring (bicyclic) bond motifs is 2. The summed E-state index contributed by atoms with van der Waals surface area (Å²) in [4.78, 5) is 0. The van der Waals surface area contributed by atoms with E-state index in [0.717, 1.165) is 18.4 Å². The molecule has 0 aromatic rings. The van der Waals surface area contributed by atoms with Crippen molar-refractivity contribution in [2.24, 2.45) is 17.8 Å². The van der Waals surface area contributed by atoms with Gasteiger partial charge in [-0.25, -0.2) is 13.1 Å². The highest BCUT2D eigenvalue weighted by Crippen LogP contribution is 2.47. The third kappa shape index (κ3) is 4.72. The molecular formula is C14H28N2O2S. The van der Waals surface area contributed by atoms with Gasteiger partial charge < -0.3 is 5.32 Å². The zero-order chi connectivity index (χ0) is 13.9. The summed E-state index contributed by atoms with van der Waals surface area (Å²) < 4.78 is 26.6. The fraction of sp³-hybridized carbons (Fsp3) is 1.00. The van der Waals surface area contributed by atoms with Gasteiger partial charge in [0.05, 0.1) is 5.75 Å². The Hall–Kier alpha value is -0.130. The minimum atomic E-state index is -3.07. The van der Waals surface area contributed by atoms with Crippen LogP contribution in [0.25, 0.3) is 0 Å². The standard InChI is InChI=1S/C14H28N2O2S/c1-11(2)15-6-3-7-19(17,18)16-10-14-9-12-4-5-13(14)8-12/h11-16H,3-10H2,1-2H3. The molecule has 19 heavy (non-hydrogen) atoms. The van der Waals surface area contributed by atoms with E-state index < -0.39 is 10.0 Å². The van der Waals surface area contributed by atoms with Crippen molar-refractivity contribution in [2.75, 3.05) is 18.8 Å². The third-order valence-corrected chi connectivity index (χ3v) is 6.03. The fourth-order valence-corrected chi connectivity index (χ4v) is 4.72. The first-order valence-corrected chi connectivity index (χ1v) is 9.32. The van der Waals surface area contributed by atoms with Crippen LogP contribution in [-0.2, 0) is 10.0 Å². The minimum absolute atomic E-state index is 0.244. The van der Waals surface area contributed by atoms with Crippen molar-refractivity contribution in [1.82, 2.24) is 10.0 Å². The molecule has 2 aliphatic carbocycles. The van der Waals surface area contributed by atoms with Crippen LogP contribution >= 0.6 is 0 Å². The summed E-state index contributed by atoms with van der Waals surface area (Å²) in [5, 5.41) is 3.25.